The molecule has 2 saturated heterocycles. The zero-order valence-electron chi connectivity index (χ0n) is 13.2. The zero-order chi connectivity index (χ0) is 15.6. The van der Waals surface area contributed by atoms with E-state index in [2.05, 4.69) is 15.2 Å². The van der Waals surface area contributed by atoms with Gasteiger partial charge in [0.05, 0.1) is 6.33 Å². The van der Waals surface area contributed by atoms with Gasteiger partial charge in [-0.25, -0.2) is 4.98 Å². The van der Waals surface area contributed by atoms with Crippen LogP contribution in [-0.2, 0) is 6.54 Å². The van der Waals surface area contributed by atoms with Crippen molar-refractivity contribution < 1.29 is 4.79 Å². The fourth-order valence-electron chi connectivity index (χ4n) is 3.83. The second-order valence-corrected chi connectivity index (χ2v) is 6.56. The molecule has 0 saturated carbocycles. The number of nitrogens with zero attached hydrogens (tertiary/aromatic N) is 3. The summed E-state index contributed by atoms with van der Waals surface area (Å²) in [5.74, 6) is 0.811. The first-order chi connectivity index (χ1) is 11.3. The number of benzene rings is 1. The first kappa shape index (κ1) is 14.5. The number of nitrogens with one attached hydrogen (secondary N) is 1. The average molecular weight is 310 g/mol. The molecule has 0 unspecified atom stereocenters. The van der Waals surface area contributed by atoms with Crippen LogP contribution in [0.3, 0.4) is 0 Å². The van der Waals surface area contributed by atoms with E-state index < -0.39 is 0 Å². The van der Waals surface area contributed by atoms with Gasteiger partial charge in [-0.15, -0.1) is 0 Å². The standard InChI is InChI=1S/C18H22N4O/c23-18(22-8-1-2-16-10-20-11-17(16)22)15-5-3-14(4-6-15)12-21-9-7-19-13-21/h3-7,9,13,16-17,20H,1-2,8,10-12H2/t16-,17+/m0/s1. The second kappa shape index (κ2) is 6.16. The Labute approximate surface area is 136 Å². The molecular formula is C18H22N4O. The van der Waals surface area contributed by atoms with Crippen molar-refractivity contribution in [3.63, 3.8) is 0 Å². The predicted molar refractivity (Wildman–Crippen MR) is 88.2 cm³/mol. The number of likely N-dealkylation sites (tertiary alicyclic amines) is 1. The lowest BCUT2D eigenvalue weighted by Crippen LogP contribution is -2.48. The van der Waals surface area contributed by atoms with E-state index in [0.29, 0.717) is 12.0 Å². The Bertz CT molecular complexity index is 665. The van der Waals surface area contributed by atoms with Gasteiger partial charge >= 0.3 is 0 Å². The van der Waals surface area contributed by atoms with E-state index in [0.717, 1.165) is 38.2 Å². The van der Waals surface area contributed by atoms with Crippen LogP contribution in [0.15, 0.2) is 43.0 Å². The maximum Gasteiger partial charge on any atom is 0.254 e. The van der Waals surface area contributed by atoms with Gasteiger partial charge in [-0.3, -0.25) is 4.79 Å². The lowest BCUT2D eigenvalue weighted by molar-refractivity contribution is 0.0575. The highest BCUT2D eigenvalue weighted by atomic mass is 16.2. The third kappa shape index (κ3) is 2.88. The van der Waals surface area contributed by atoms with Gasteiger partial charge in [-0.2, -0.15) is 0 Å². The molecule has 0 bridgehead atoms. The molecule has 2 atom stereocenters. The van der Waals surface area contributed by atoms with Gasteiger partial charge in [0.15, 0.2) is 0 Å². The van der Waals surface area contributed by atoms with Crippen LogP contribution < -0.4 is 5.32 Å². The Morgan fingerprint density at radius 2 is 2.13 bits per heavy atom. The smallest absolute Gasteiger partial charge is 0.254 e. The fraction of sp³-hybridized carbons (Fsp3) is 0.444. The minimum absolute atomic E-state index is 0.178. The van der Waals surface area contributed by atoms with Crippen molar-refractivity contribution in [2.24, 2.45) is 5.92 Å². The molecular weight excluding hydrogens is 288 g/mol. The third-order valence-corrected chi connectivity index (χ3v) is 5.06. The Morgan fingerprint density at radius 1 is 1.26 bits per heavy atom. The number of piperidine rings is 1. The van der Waals surface area contributed by atoms with E-state index in [4.69, 9.17) is 0 Å². The molecule has 2 fully saturated rings. The van der Waals surface area contributed by atoms with Gasteiger partial charge in [-0.05, 0) is 36.5 Å². The monoisotopic (exact) mass is 310 g/mol. The van der Waals surface area contributed by atoms with Gasteiger partial charge in [0.1, 0.15) is 0 Å². The van der Waals surface area contributed by atoms with E-state index in [1.54, 1.807) is 12.5 Å². The number of imidazole rings is 1. The SMILES string of the molecule is O=C(c1ccc(Cn2ccnc2)cc1)N1CCC[C@H]2CNC[C@H]21. The van der Waals surface area contributed by atoms with E-state index in [-0.39, 0.29) is 5.91 Å². The van der Waals surface area contributed by atoms with Gasteiger partial charge in [0, 0.05) is 50.2 Å². The first-order valence-corrected chi connectivity index (χ1v) is 8.37. The topological polar surface area (TPSA) is 50.2 Å². The van der Waals surface area contributed by atoms with Crippen LogP contribution in [-0.4, -0.2) is 46.0 Å². The van der Waals surface area contributed by atoms with Crippen molar-refractivity contribution in [2.45, 2.75) is 25.4 Å². The van der Waals surface area contributed by atoms with Crippen molar-refractivity contribution in [2.75, 3.05) is 19.6 Å². The molecule has 1 N–H and O–H groups in total. The van der Waals surface area contributed by atoms with Crippen molar-refractivity contribution in [3.05, 3.63) is 54.1 Å². The minimum atomic E-state index is 0.178. The lowest BCUT2D eigenvalue weighted by atomic mass is 9.91. The fourth-order valence-corrected chi connectivity index (χ4v) is 3.83. The minimum Gasteiger partial charge on any atom is -0.334 e. The number of amides is 1. The van der Waals surface area contributed by atoms with Crippen LogP contribution in [0.5, 0.6) is 0 Å². The Morgan fingerprint density at radius 3 is 2.91 bits per heavy atom. The van der Waals surface area contributed by atoms with Crippen molar-refractivity contribution in [1.82, 2.24) is 19.8 Å². The highest BCUT2D eigenvalue weighted by Gasteiger charge is 2.37. The van der Waals surface area contributed by atoms with E-state index >= 15 is 0 Å². The largest absolute Gasteiger partial charge is 0.334 e. The lowest BCUT2D eigenvalue weighted by Gasteiger charge is -2.37. The molecule has 2 aliphatic rings. The van der Waals surface area contributed by atoms with Gasteiger partial charge < -0.3 is 14.8 Å². The van der Waals surface area contributed by atoms with Crippen LogP contribution >= 0.6 is 0 Å². The van der Waals surface area contributed by atoms with Crippen LogP contribution in [0, 0.1) is 5.92 Å². The highest BCUT2D eigenvalue weighted by Crippen LogP contribution is 2.27. The van der Waals surface area contributed by atoms with Gasteiger partial charge in [0.25, 0.3) is 5.91 Å². The maximum atomic E-state index is 12.9. The van der Waals surface area contributed by atoms with Crippen LogP contribution in [0.1, 0.15) is 28.8 Å². The van der Waals surface area contributed by atoms with Crippen LogP contribution in [0.25, 0.3) is 0 Å². The van der Waals surface area contributed by atoms with Crippen LogP contribution in [0.2, 0.25) is 0 Å². The van der Waals surface area contributed by atoms with E-state index in [1.807, 2.05) is 35.0 Å². The summed E-state index contributed by atoms with van der Waals surface area (Å²) in [5, 5.41) is 3.43. The Kier molecular flexibility index (Phi) is 3.87. The summed E-state index contributed by atoms with van der Waals surface area (Å²) in [6.45, 7) is 3.67. The quantitative estimate of drug-likeness (QED) is 0.940. The number of fused-ring (bicyclic) bond motifs is 1. The molecule has 0 spiro atoms. The molecule has 5 nitrogen and oxygen atoms in total. The molecule has 23 heavy (non-hydrogen) atoms. The summed E-state index contributed by atoms with van der Waals surface area (Å²) in [4.78, 5) is 19.0. The highest BCUT2D eigenvalue weighted by molar-refractivity contribution is 5.94. The molecule has 0 radical (unpaired) electrons. The molecule has 1 aromatic heterocycles. The Hall–Kier alpha value is -2.14. The molecule has 1 aromatic carbocycles. The van der Waals surface area contributed by atoms with Crippen LogP contribution in [0.4, 0.5) is 0 Å². The number of hydrogen-bond donors (Lipinski definition) is 1. The second-order valence-electron chi connectivity index (χ2n) is 6.56. The number of carbonyl (C=O) groups is 1. The normalized spacial score (nSPS) is 23.7. The van der Waals surface area contributed by atoms with Gasteiger partial charge in [0.2, 0.25) is 0 Å². The summed E-state index contributed by atoms with van der Waals surface area (Å²) >= 11 is 0. The molecule has 5 heteroatoms. The van der Waals surface area contributed by atoms with Crippen molar-refractivity contribution >= 4 is 5.91 Å². The summed E-state index contributed by atoms with van der Waals surface area (Å²) in [5.41, 5.74) is 1.98. The van der Waals surface area contributed by atoms with E-state index in [9.17, 15) is 4.79 Å². The average Bonchev–Trinajstić information content (AvgIpc) is 3.25. The number of rotatable bonds is 3. The predicted octanol–water partition coefficient (Wildman–Crippen LogP) is 1.76. The maximum absolute atomic E-state index is 12.9. The Balaban J connectivity index is 1.47. The molecule has 120 valence electrons. The van der Waals surface area contributed by atoms with Crippen molar-refractivity contribution in [3.8, 4) is 0 Å². The number of carbonyl (C=O) groups excluding carboxylic acids is 1. The number of aromatic nitrogens is 2. The summed E-state index contributed by atoms with van der Waals surface area (Å²) in [6.07, 6.45) is 7.89. The summed E-state index contributed by atoms with van der Waals surface area (Å²) in [7, 11) is 0. The molecule has 4 rings (SSSR count). The molecule has 1 amide bonds. The summed E-state index contributed by atoms with van der Waals surface area (Å²) in [6, 6.07) is 8.38. The van der Waals surface area contributed by atoms with E-state index in [1.165, 1.54) is 12.0 Å². The zero-order valence-corrected chi connectivity index (χ0v) is 13.2. The van der Waals surface area contributed by atoms with Gasteiger partial charge in [-0.1, -0.05) is 12.1 Å². The molecule has 2 aliphatic heterocycles. The molecule has 0 aliphatic carbocycles. The van der Waals surface area contributed by atoms with Crippen molar-refractivity contribution in [1.29, 1.82) is 0 Å². The first-order valence-electron chi connectivity index (χ1n) is 8.37. The number of hydrogen-bond acceptors (Lipinski definition) is 3. The summed E-state index contributed by atoms with van der Waals surface area (Å²) < 4.78 is 2.02. The third-order valence-electron chi connectivity index (χ3n) is 5.06. The molecule has 3 heterocycles. The molecule has 2 aromatic rings.